The standard InChI is InChI=1S/C15H18ClNS/c1-4-11-6-5-7-12(8-11)14(17-3)15-13(16)10(2)9-18-15/h5-9,14,17H,4H2,1-3H3. The van der Waals surface area contributed by atoms with Crippen molar-refractivity contribution >= 4 is 22.9 Å². The third-order valence-corrected chi connectivity index (χ3v) is 4.95. The fraction of sp³-hybridized carbons (Fsp3) is 0.333. The van der Waals surface area contributed by atoms with Crippen molar-refractivity contribution < 1.29 is 0 Å². The minimum absolute atomic E-state index is 0.183. The molecule has 0 aliphatic rings. The summed E-state index contributed by atoms with van der Waals surface area (Å²) < 4.78 is 0. The van der Waals surface area contributed by atoms with Crippen molar-refractivity contribution in [2.24, 2.45) is 0 Å². The summed E-state index contributed by atoms with van der Waals surface area (Å²) in [5.41, 5.74) is 3.79. The Balaban J connectivity index is 2.41. The third kappa shape index (κ3) is 2.61. The first-order chi connectivity index (χ1) is 8.67. The Bertz CT molecular complexity index is 533. The molecule has 0 saturated carbocycles. The second kappa shape index (κ2) is 5.87. The van der Waals surface area contributed by atoms with E-state index in [2.05, 4.69) is 48.8 Å². The summed E-state index contributed by atoms with van der Waals surface area (Å²) in [7, 11) is 1.98. The molecule has 0 aliphatic carbocycles. The zero-order chi connectivity index (χ0) is 13.1. The van der Waals surface area contributed by atoms with Gasteiger partial charge in [0.05, 0.1) is 11.1 Å². The number of hydrogen-bond acceptors (Lipinski definition) is 2. The van der Waals surface area contributed by atoms with Crippen LogP contribution in [0.1, 0.15) is 34.5 Å². The largest absolute Gasteiger partial charge is 0.309 e. The molecule has 1 aromatic heterocycles. The summed E-state index contributed by atoms with van der Waals surface area (Å²) >= 11 is 8.10. The maximum Gasteiger partial charge on any atom is 0.0683 e. The Labute approximate surface area is 118 Å². The molecule has 0 bridgehead atoms. The first-order valence-corrected chi connectivity index (χ1v) is 7.42. The van der Waals surface area contributed by atoms with E-state index in [-0.39, 0.29) is 6.04 Å². The van der Waals surface area contributed by atoms with Crippen LogP contribution < -0.4 is 5.32 Å². The number of nitrogens with one attached hydrogen (secondary N) is 1. The molecule has 0 fully saturated rings. The van der Waals surface area contributed by atoms with Crippen LogP contribution >= 0.6 is 22.9 Å². The van der Waals surface area contributed by atoms with E-state index < -0.39 is 0 Å². The van der Waals surface area contributed by atoms with Crippen molar-refractivity contribution in [1.82, 2.24) is 5.32 Å². The predicted molar refractivity (Wildman–Crippen MR) is 80.8 cm³/mol. The number of hydrogen-bond donors (Lipinski definition) is 1. The third-order valence-electron chi connectivity index (χ3n) is 3.17. The van der Waals surface area contributed by atoms with Gasteiger partial charge in [-0.05, 0) is 42.5 Å². The maximum absolute atomic E-state index is 6.38. The number of thiophene rings is 1. The highest BCUT2D eigenvalue weighted by molar-refractivity contribution is 7.10. The molecule has 3 heteroatoms. The zero-order valence-corrected chi connectivity index (χ0v) is 12.5. The van der Waals surface area contributed by atoms with E-state index in [0.717, 1.165) is 17.0 Å². The summed E-state index contributed by atoms with van der Waals surface area (Å²) in [5.74, 6) is 0. The van der Waals surface area contributed by atoms with Crippen LogP contribution in [0.25, 0.3) is 0 Å². The van der Waals surface area contributed by atoms with Crippen LogP contribution in [0.15, 0.2) is 29.6 Å². The summed E-state index contributed by atoms with van der Waals surface area (Å²) in [6.45, 7) is 4.23. The van der Waals surface area contributed by atoms with Crippen LogP contribution in [-0.4, -0.2) is 7.05 Å². The van der Waals surface area contributed by atoms with Crippen molar-refractivity contribution in [3.63, 3.8) is 0 Å². The quantitative estimate of drug-likeness (QED) is 0.864. The van der Waals surface area contributed by atoms with Crippen LogP contribution in [0.5, 0.6) is 0 Å². The van der Waals surface area contributed by atoms with E-state index in [1.54, 1.807) is 11.3 Å². The van der Waals surface area contributed by atoms with Gasteiger partial charge in [-0.3, -0.25) is 0 Å². The van der Waals surface area contributed by atoms with Gasteiger partial charge in [0.15, 0.2) is 0 Å². The van der Waals surface area contributed by atoms with Gasteiger partial charge in [0.2, 0.25) is 0 Å². The molecule has 96 valence electrons. The van der Waals surface area contributed by atoms with Gasteiger partial charge in [0.1, 0.15) is 0 Å². The second-order valence-corrected chi connectivity index (χ2v) is 5.71. The Morgan fingerprint density at radius 1 is 1.39 bits per heavy atom. The lowest BCUT2D eigenvalue weighted by Crippen LogP contribution is -2.17. The molecule has 1 atom stereocenters. The number of rotatable bonds is 4. The monoisotopic (exact) mass is 279 g/mol. The molecule has 2 aromatic rings. The van der Waals surface area contributed by atoms with E-state index in [4.69, 9.17) is 11.6 Å². The lowest BCUT2D eigenvalue weighted by atomic mass is 10.0. The number of benzene rings is 1. The van der Waals surface area contributed by atoms with Crippen LogP contribution in [-0.2, 0) is 6.42 Å². The average Bonchev–Trinajstić information content (AvgIpc) is 2.72. The van der Waals surface area contributed by atoms with E-state index in [1.807, 2.05) is 7.05 Å². The van der Waals surface area contributed by atoms with Crippen LogP contribution in [0.2, 0.25) is 5.02 Å². The molecule has 1 heterocycles. The first-order valence-electron chi connectivity index (χ1n) is 6.17. The molecule has 1 unspecified atom stereocenters. The zero-order valence-electron chi connectivity index (χ0n) is 11.0. The average molecular weight is 280 g/mol. The minimum atomic E-state index is 0.183. The molecule has 0 saturated heterocycles. The summed E-state index contributed by atoms with van der Waals surface area (Å²) in [4.78, 5) is 1.20. The Hall–Kier alpha value is -0.830. The SMILES string of the molecule is CCc1cccc(C(NC)c2scc(C)c2Cl)c1. The van der Waals surface area contributed by atoms with Crippen molar-refractivity contribution in [3.8, 4) is 0 Å². The highest BCUT2D eigenvalue weighted by Crippen LogP contribution is 2.35. The lowest BCUT2D eigenvalue weighted by molar-refractivity contribution is 0.702. The van der Waals surface area contributed by atoms with Crippen molar-refractivity contribution in [3.05, 3.63) is 56.2 Å². The van der Waals surface area contributed by atoms with E-state index >= 15 is 0 Å². The van der Waals surface area contributed by atoms with Crippen molar-refractivity contribution in [1.29, 1.82) is 0 Å². The molecule has 0 spiro atoms. The Kier molecular flexibility index (Phi) is 4.44. The van der Waals surface area contributed by atoms with Crippen molar-refractivity contribution in [2.75, 3.05) is 7.05 Å². The molecule has 18 heavy (non-hydrogen) atoms. The molecule has 0 radical (unpaired) electrons. The highest BCUT2D eigenvalue weighted by Gasteiger charge is 2.18. The topological polar surface area (TPSA) is 12.0 Å². The highest BCUT2D eigenvalue weighted by atomic mass is 35.5. The molecular weight excluding hydrogens is 262 g/mol. The molecule has 1 aromatic carbocycles. The van der Waals surface area contributed by atoms with Gasteiger partial charge in [0.25, 0.3) is 0 Å². The van der Waals surface area contributed by atoms with Crippen molar-refractivity contribution in [2.45, 2.75) is 26.3 Å². The number of aryl methyl sites for hydroxylation is 2. The lowest BCUT2D eigenvalue weighted by Gasteiger charge is -2.17. The smallest absolute Gasteiger partial charge is 0.0683 e. The van der Waals surface area contributed by atoms with E-state index in [0.29, 0.717) is 0 Å². The van der Waals surface area contributed by atoms with Gasteiger partial charge < -0.3 is 5.32 Å². The van der Waals surface area contributed by atoms with Gasteiger partial charge >= 0.3 is 0 Å². The van der Waals surface area contributed by atoms with Crippen LogP contribution in [0.3, 0.4) is 0 Å². The molecular formula is C15H18ClNS. The minimum Gasteiger partial charge on any atom is -0.309 e. The second-order valence-electron chi connectivity index (χ2n) is 4.42. The summed E-state index contributed by atoms with van der Waals surface area (Å²) in [5, 5.41) is 6.37. The van der Waals surface area contributed by atoms with Gasteiger partial charge in [-0.25, -0.2) is 0 Å². The van der Waals surface area contributed by atoms with Gasteiger partial charge in [-0.15, -0.1) is 11.3 Å². The summed E-state index contributed by atoms with van der Waals surface area (Å²) in [6.07, 6.45) is 1.06. The van der Waals surface area contributed by atoms with Gasteiger partial charge in [-0.2, -0.15) is 0 Å². The van der Waals surface area contributed by atoms with E-state index in [9.17, 15) is 0 Å². The first kappa shape index (κ1) is 13.6. The molecule has 1 N–H and O–H groups in total. The molecule has 0 aliphatic heterocycles. The summed E-state index contributed by atoms with van der Waals surface area (Å²) in [6, 6.07) is 8.88. The fourth-order valence-electron chi connectivity index (χ4n) is 2.09. The fourth-order valence-corrected chi connectivity index (χ4v) is 3.52. The molecule has 2 rings (SSSR count). The number of halogens is 1. The van der Waals surface area contributed by atoms with Crippen LogP contribution in [0.4, 0.5) is 0 Å². The predicted octanol–water partition coefficient (Wildman–Crippen LogP) is 4.58. The maximum atomic E-state index is 6.38. The normalized spacial score (nSPS) is 12.7. The molecule has 1 nitrogen and oxygen atoms in total. The van der Waals surface area contributed by atoms with E-state index in [1.165, 1.54) is 16.0 Å². The Morgan fingerprint density at radius 2 is 2.17 bits per heavy atom. The van der Waals surface area contributed by atoms with Gasteiger partial charge in [0, 0.05) is 4.88 Å². The van der Waals surface area contributed by atoms with Crippen LogP contribution in [0, 0.1) is 6.92 Å². The van der Waals surface area contributed by atoms with Gasteiger partial charge in [-0.1, -0.05) is 42.8 Å². The Morgan fingerprint density at radius 3 is 2.72 bits per heavy atom. The molecule has 0 amide bonds.